The van der Waals surface area contributed by atoms with Gasteiger partial charge in [-0.2, -0.15) is 5.26 Å². The summed E-state index contributed by atoms with van der Waals surface area (Å²) in [5, 5.41) is 12.0. The maximum Gasteiger partial charge on any atom is 0.338 e. The van der Waals surface area contributed by atoms with Crippen molar-refractivity contribution in [1.82, 2.24) is 0 Å². The maximum atomic E-state index is 12.6. The molecule has 2 aromatic carbocycles. The first-order valence-corrected chi connectivity index (χ1v) is 9.43. The molecule has 0 heterocycles. The van der Waals surface area contributed by atoms with Crippen molar-refractivity contribution in [1.29, 1.82) is 5.26 Å². The van der Waals surface area contributed by atoms with Gasteiger partial charge in [0.1, 0.15) is 11.8 Å². The van der Waals surface area contributed by atoms with E-state index in [9.17, 15) is 18.5 Å². The molecule has 1 N–H and O–H groups in total. The molecule has 0 saturated carbocycles. The number of methoxy groups -OCH3 is 1. The molecule has 0 radical (unpaired) electrons. The van der Waals surface area contributed by atoms with Crippen molar-refractivity contribution in [3.05, 3.63) is 65.2 Å². The Bertz CT molecular complexity index is 972. The Kier molecular flexibility index (Phi) is 6.57. The Balaban J connectivity index is 2.20. The number of nitrogens with zero attached hydrogens (tertiary/aromatic N) is 1. The summed E-state index contributed by atoms with van der Waals surface area (Å²) in [4.78, 5) is 11.2. The largest absolute Gasteiger partial charge is 0.497 e. The zero-order chi connectivity index (χ0) is 19.9. The Hall–Kier alpha value is -3.31. The first-order valence-electron chi connectivity index (χ1n) is 7.95. The number of ether oxygens (including phenoxy) is 2. The van der Waals surface area contributed by atoms with Crippen LogP contribution in [0.15, 0.2) is 64.5 Å². The van der Waals surface area contributed by atoms with Crippen molar-refractivity contribution in [3.8, 4) is 11.8 Å². The number of hydrogen-bond donors (Lipinski definition) is 1. The minimum Gasteiger partial charge on any atom is -0.497 e. The number of hydrogen-bond acceptors (Lipinski definition) is 7. The number of allylic oxidation sites excluding steroid dienone is 1. The summed E-state index contributed by atoms with van der Waals surface area (Å²) in [5.74, 6) is 0.0654. The number of nitrogens with one attached hydrogen (secondary N) is 1. The van der Waals surface area contributed by atoms with E-state index in [1.165, 1.54) is 43.5 Å². The van der Waals surface area contributed by atoms with Crippen molar-refractivity contribution < 1.29 is 22.7 Å². The predicted molar refractivity (Wildman–Crippen MR) is 99.9 cm³/mol. The average Bonchev–Trinajstić information content (AvgIpc) is 2.69. The second-order valence-corrected chi connectivity index (χ2v) is 7.16. The van der Waals surface area contributed by atoms with Crippen LogP contribution in [0.3, 0.4) is 0 Å². The fourth-order valence-electron chi connectivity index (χ4n) is 2.12. The van der Waals surface area contributed by atoms with Crippen LogP contribution in [0.1, 0.15) is 17.3 Å². The molecule has 0 amide bonds. The summed E-state index contributed by atoms with van der Waals surface area (Å²) in [6.45, 7) is 1.99. The Morgan fingerprint density at radius 1 is 1.15 bits per heavy atom. The van der Waals surface area contributed by atoms with Crippen molar-refractivity contribution in [2.45, 2.75) is 11.8 Å². The van der Waals surface area contributed by atoms with Crippen LogP contribution in [0.4, 0.5) is 5.69 Å². The monoisotopic (exact) mass is 386 g/mol. The Labute approximate surface area is 157 Å². The summed E-state index contributed by atoms with van der Waals surface area (Å²) in [6.07, 6.45) is 1.11. The quantitative estimate of drug-likeness (QED) is 0.575. The summed E-state index contributed by atoms with van der Waals surface area (Å²) in [6, 6.07) is 13.7. The van der Waals surface area contributed by atoms with Gasteiger partial charge in [0, 0.05) is 11.9 Å². The molecule has 2 aromatic rings. The summed E-state index contributed by atoms with van der Waals surface area (Å²) in [5.41, 5.74) is 0.887. The molecule has 8 heteroatoms. The number of carbonyl (C=O) groups is 1. The number of carbonyl (C=O) groups excluding carboxylic acids is 1. The lowest BCUT2D eigenvalue weighted by atomic mass is 10.2. The molecule has 0 bridgehead atoms. The number of esters is 1. The van der Waals surface area contributed by atoms with Gasteiger partial charge in [-0.25, -0.2) is 13.2 Å². The summed E-state index contributed by atoms with van der Waals surface area (Å²) >= 11 is 0. The second-order valence-electron chi connectivity index (χ2n) is 5.24. The van der Waals surface area contributed by atoms with Crippen LogP contribution in [0.25, 0.3) is 0 Å². The molecular formula is C19H18N2O5S. The molecule has 0 aliphatic carbocycles. The van der Waals surface area contributed by atoms with Gasteiger partial charge in [0.15, 0.2) is 4.91 Å². The molecule has 7 nitrogen and oxygen atoms in total. The van der Waals surface area contributed by atoms with Crippen LogP contribution in [0.2, 0.25) is 0 Å². The van der Waals surface area contributed by atoms with Gasteiger partial charge in [0.05, 0.1) is 24.2 Å². The lowest BCUT2D eigenvalue weighted by molar-refractivity contribution is 0.0526. The molecule has 0 aliphatic rings. The fourth-order valence-corrected chi connectivity index (χ4v) is 3.20. The standard InChI is InChI=1S/C19H18N2O5S/c1-3-26-19(22)14-4-6-15(7-5-14)21-13-18(12-20)27(23,24)17-10-8-16(25-2)9-11-17/h4-11,13,21H,3H2,1-2H3. The molecule has 27 heavy (non-hydrogen) atoms. The first kappa shape index (κ1) is 20.0. The van der Waals surface area contributed by atoms with Crippen LogP contribution < -0.4 is 10.1 Å². The predicted octanol–water partition coefficient (Wildman–Crippen LogP) is 3.12. The fraction of sp³-hybridized carbons (Fsp3) is 0.158. The van der Waals surface area contributed by atoms with E-state index in [0.29, 0.717) is 17.0 Å². The molecule has 2 rings (SSSR count). The van der Waals surface area contributed by atoms with E-state index < -0.39 is 20.7 Å². The van der Waals surface area contributed by atoms with Crippen LogP contribution in [0.5, 0.6) is 5.75 Å². The number of benzene rings is 2. The van der Waals surface area contributed by atoms with Gasteiger partial charge in [0.25, 0.3) is 0 Å². The van der Waals surface area contributed by atoms with Crippen LogP contribution in [-0.2, 0) is 14.6 Å². The maximum absolute atomic E-state index is 12.6. The molecule has 140 valence electrons. The SMILES string of the molecule is CCOC(=O)c1ccc(NC=C(C#N)S(=O)(=O)c2ccc(OC)cc2)cc1. The van der Waals surface area contributed by atoms with Crippen LogP contribution in [0, 0.1) is 11.3 Å². The van der Waals surface area contributed by atoms with Crippen LogP contribution >= 0.6 is 0 Å². The summed E-state index contributed by atoms with van der Waals surface area (Å²) in [7, 11) is -2.49. The van der Waals surface area contributed by atoms with Gasteiger partial charge in [-0.15, -0.1) is 0 Å². The van der Waals surface area contributed by atoms with E-state index >= 15 is 0 Å². The highest BCUT2D eigenvalue weighted by molar-refractivity contribution is 7.95. The van der Waals surface area contributed by atoms with Gasteiger partial charge in [-0.05, 0) is 55.5 Å². The van der Waals surface area contributed by atoms with Crippen molar-refractivity contribution >= 4 is 21.5 Å². The Morgan fingerprint density at radius 3 is 2.30 bits per heavy atom. The van der Waals surface area contributed by atoms with Gasteiger partial charge < -0.3 is 14.8 Å². The van der Waals surface area contributed by atoms with Crippen molar-refractivity contribution in [3.63, 3.8) is 0 Å². The third-order valence-corrected chi connectivity index (χ3v) is 5.22. The van der Waals surface area contributed by atoms with Gasteiger partial charge in [-0.3, -0.25) is 0 Å². The van der Waals surface area contributed by atoms with E-state index in [4.69, 9.17) is 9.47 Å². The molecule has 0 saturated heterocycles. The number of anilines is 1. The van der Waals surface area contributed by atoms with Crippen molar-refractivity contribution in [2.75, 3.05) is 19.0 Å². The highest BCUT2D eigenvalue weighted by Gasteiger charge is 2.20. The molecule has 0 aromatic heterocycles. The van der Waals surface area contributed by atoms with E-state index in [-0.39, 0.29) is 11.5 Å². The number of rotatable bonds is 7. The number of sulfone groups is 1. The van der Waals surface area contributed by atoms with E-state index in [1.807, 2.05) is 0 Å². The highest BCUT2D eigenvalue weighted by Crippen LogP contribution is 2.22. The zero-order valence-electron chi connectivity index (χ0n) is 14.8. The normalized spacial score (nSPS) is 11.4. The topological polar surface area (TPSA) is 105 Å². The zero-order valence-corrected chi connectivity index (χ0v) is 15.6. The van der Waals surface area contributed by atoms with E-state index in [1.54, 1.807) is 25.1 Å². The molecule has 0 fully saturated rings. The molecule has 0 unspecified atom stereocenters. The first-order chi connectivity index (χ1) is 12.9. The molecular weight excluding hydrogens is 368 g/mol. The minimum atomic E-state index is -3.97. The van der Waals surface area contributed by atoms with Crippen LogP contribution in [-0.4, -0.2) is 28.1 Å². The third kappa shape index (κ3) is 4.86. The second kappa shape index (κ2) is 8.87. The highest BCUT2D eigenvalue weighted by atomic mass is 32.2. The van der Waals surface area contributed by atoms with Crippen molar-refractivity contribution in [2.24, 2.45) is 0 Å². The van der Waals surface area contributed by atoms with Gasteiger partial charge in [0.2, 0.25) is 9.84 Å². The van der Waals surface area contributed by atoms with Gasteiger partial charge in [-0.1, -0.05) is 0 Å². The minimum absolute atomic E-state index is 0.0180. The lowest BCUT2D eigenvalue weighted by Gasteiger charge is -2.06. The van der Waals surface area contributed by atoms with E-state index in [0.717, 1.165) is 6.20 Å². The van der Waals surface area contributed by atoms with Gasteiger partial charge >= 0.3 is 5.97 Å². The molecule has 0 atom stereocenters. The lowest BCUT2D eigenvalue weighted by Crippen LogP contribution is -2.06. The molecule has 0 spiro atoms. The summed E-state index contributed by atoms with van der Waals surface area (Å²) < 4.78 is 35.0. The number of nitriles is 1. The van der Waals surface area contributed by atoms with E-state index in [2.05, 4.69) is 5.32 Å². The smallest absolute Gasteiger partial charge is 0.338 e. The molecule has 0 aliphatic heterocycles. The average molecular weight is 386 g/mol. The Morgan fingerprint density at radius 2 is 1.78 bits per heavy atom. The third-order valence-electron chi connectivity index (χ3n) is 3.54.